The molecule has 0 aliphatic heterocycles. The molecule has 0 radical (unpaired) electrons. The molecule has 3 aromatic carbocycles. The molecule has 32 heavy (non-hydrogen) atoms. The van der Waals surface area contributed by atoms with Gasteiger partial charge in [0.05, 0.1) is 5.25 Å². The van der Waals surface area contributed by atoms with Crippen molar-refractivity contribution in [2.75, 3.05) is 5.32 Å². The van der Waals surface area contributed by atoms with Crippen LogP contribution < -0.4 is 10.1 Å². The van der Waals surface area contributed by atoms with Crippen LogP contribution in [0, 0.1) is 0 Å². The van der Waals surface area contributed by atoms with Crippen molar-refractivity contribution >= 4 is 39.7 Å². The lowest BCUT2D eigenvalue weighted by atomic mass is 10.1. The van der Waals surface area contributed by atoms with E-state index in [0.717, 1.165) is 33.5 Å². The molecule has 0 saturated heterocycles. The predicted octanol–water partition coefficient (Wildman–Crippen LogP) is 7.00. The van der Waals surface area contributed by atoms with Gasteiger partial charge in [0.1, 0.15) is 11.5 Å². The van der Waals surface area contributed by atoms with Crippen LogP contribution in [0.5, 0.6) is 11.5 Å². The minimum Gasteiger partial charge on any atom is -0.457 e. The number of aromatic nitrogens is 2. The van der Waals surface area contributed by atoms with Crippen molar-refractivity contribution in [2.45, 2.75) is 29.9 Å². The van der Waals surface area contributed by atoms with E-state index in [2.05, 4.69) is 22.4 Å². The Morgan fingerprint density at radius 1 is 0.969 bits per heavy atom. The highest BCUT2D eigenvalue weighted by Crippen LogP contribution is 2.32. The molecule has 4 aromatic rings. The van der Waals surface area contributed by atoms with Crippen LogP contribution in [-0.2, 0) is 6.42 Å². The summed E-state index contributed by atoms with van der Waals surface area (Å²) in [7, 11) is 0. The van der Waals surface area contributed by atoms with Gasteiger partial charge < -0.3 is 10.1 Å². The second-order valence-corrected chi connectivity index (χ2v) is 9.68. The molecule has 0 spiro atoms. The van der Waals surface area contributed by atoms with Crippen LogP contribution in [0.2, 0.25) is 0 Å². The molecule has 0 aliphatic carbocycles. The van der Waals surface area contributed by atoms with Crippen molar-refractivity contribution in [3.63, 3.8) is 0 Å². The van der Waals surface area contributed by atoms with E-state index in [1.54, 1.807) is 0 Å². The van der Waals surface area contributed by atoms with Gasteiger partial charge in [-0.15, -0.1) is 10.2 Å². The third kappa shape index (κ3) is 5.75. The van der Waals surface area contributed by atoms with Crippen LogP contribution in [0.25, 0.3) is 0 Å². The molecule has 1 aromatic heterocycles. The largest absolute Gasteiger partial charge is 0.457 e. The fourth-order valence-corrected chi connectivity index (χ4v) is 5.00. The summed E-state index contributed by atoms with van der Waals surface area (Å²) >= 11 is 2.85. The summed E-state index contributed by atoms with van der Waals surface area (Å²) in [5, 5.41) is 12.1. The number of Topliss-reactive ketones (excluding diaryl/α,β-unsaturated/α-hetero) is 1. The number of carbonyl (C=O) groups excluding carboxylic acids is 1. The summed E-state index contributed by atoms with van der Waals surface area (Å²) in [5.74, 6) is 1.65. The molecule has 1 atom stereocenters. The summed E-state index contributed by atoms with van der Waals surface area (Å²) in [6, 6.07) is 25.1. The highest BCUT2D eigenvalue weighted by Gasteiger charge is 2.19. The van der Waals surface area contributed by atoms with Crippen molar-refractivity contribution in [1.82, 2.24) is 10.2 Å². The summed E-state index contributed by atoms with van der Waals surface area (Å²) in [5.41, 5.74) is 2.84. The molecule has 0 bridgehead atoms. The monoisotopic (exact) mass is 461 g/mol. The van der Waals surface area contributed by atoms with Crippen molar-refractivity contribution in [3.8, 4) is 11.5 Å². The van der Waals surface area contributed by atoms with Crippen LogP contribution >= 0.6 is 23.1 Å². The number of rotatable bonds is 9. The van der Waals surface area contributed by atoms with Crippen molar-refractivity contribution < 1.29 is 9.53 Å². The molecule has 0 aliphatic rings. The summed E-state index contributed by atoms with van der Waals surface area (Å²) in [6.45, 7) is 4.00. The van der Waals surface area contributed by atoms with Gasteiger partial charge in [0.25, 0.3) is 0 Å². The van der Waals surface area contributed by atoms with Gasteiger partial charge in [-0.05, 0) is 55.3 Å². The maximum Gasteiger partial charge on any atom is 0.210 e. The number of nitrogens with one attached hydrogen (secondary N) is 1. The number of aryl methyl sites for hydroxylation is 1. The second-order valence-electron chi connectivity index (χ2n) is 7.11. The van der Waals surface area contributed by atoms with E-state index < -0.39 is 0 Å². The zero-order valence-electron chi connectivity index (χ0n) is 17.8. The Morgan fingerprint density at radius 2 is 1.66 bits per heavy atom. The normalized spacial score (nSPS) is 11.7. The molecule has 7 heteroatoms. The quantitative estimate of drug-likeness (QED) is 0.214. The highest BCUT2D eigenvalue weighted by atomic mass is 32.2. The number of hydrogen-bond donors (Lipinski definition) is 1. The van der Waals surface area contributed by atoms with E-state index in [1.807, 2.05) is 85.8 Å². The number of anilines is 2. The summed E-state index contributed by atoms with van der Waals surface area (Å²) < 4.78 is 6.57. The van der Waals surface area contributed by atoms with Crippen molar-refractivity contribution in [3.05, 3.63) is 90.0 Å². The average molecular weight is 462 g/mol. The number of carbonyl (C=O) groups is 1. The number of nitrogens with zero attached hydrogens (tertiary/aromatic N) is 2. The van der Waals surface area contributed by atoms with Crippen LogP contribution in [0.4, 0.5) is 10.8 Å². The van der Waals surface area contributed by atoms with Gasteiger partial charge in [-0.2, -0.15) is 0 Å². The smallest absolute Gasteiger partial charge is 0.210 e. The second kappa shape index (κ2) is 10.4. The molecule has 162 valence electrons. The van der Waals surface area contributed by atoms with Gasteiger partial charge in [-0.3, -0.25) is 4.79 Å². The maximum atomic E-state index is 12.7. The predicted molar refractivity (Wildman–Crippen MR) is 132 cm³/mol. The van der Waals surface area contributed by atoms with Crippen molar-refractivity contribution in [2.24, 2.45) is 0 Å². The van der Waals surface area contributed by atoms with E-state index >= 15 is 0 Å². The summed E-state index contributed by atoms with van der Waals surface area (Å²) in [4.78, 5) is 12.7. The number of ketones is 1. The van der Waals surface area contributed by atoms with E-state index in [-0.39, 0.29) is 11.0 Å². The highest BCUT2D eigenvalue weighted by molar-refractivity contribution is 8.02. The van der Waals surface area contributed by atoms with Crippen LogP contribution in [0.3, 0.4) is 0 Å². The van der Waals surface area contributed by atoms with E-state index in [0.29, 0.717) is 5.13 Å². The molecular formula is C25H23N3O2S2. The minimum atomic E-state index is -0.238. The first-order chi connectivity index (χ1) is 15.6. The van der Waals surface area contributed by atoms with Gasteiger partial charge in [0, 0.05) is 11.3 Å². The number of benzene rings is 3. The van der Waals surface area contributed by atoms with Gasteiger partial charge in [-0.1, -0.05) is 72.5 Å². The Balaban J connectivity index is 1.33. The number of ether oxygens (including phenoxy) is 1. The molecule has 0 saturated carbocycles. The molecular weight excluding hydrogens is 438 g/mol. The SMILES string of the molecule is CCc1ccc(C(=O)C(C)Sc2nnc(Nc3ccc(Oc4ccccc4)cc3)s2)cc1. The van der Waals surface area contributed by atoms with Gasteiger partial charge in [0.2, 0.25) is 5.13 Å². The Bertz CT molecular complexity index is 1160. The molecule has 4 rings (SSSR count). The number of hydrogen-bond acceptors (Lipinski definition) is 7. The zero-order chi connectivity index (χ0) is 22.3. The standard InChI is InChI=1S/C25H23N3O2S2/c1-3-18-9-11-19(12-10-18)23(29)17(2)31-25-28-27-24(32-25)26-20-13-15-22(16-14-20)30-21-7-5-4-6-8-21/h4-17H,3H2,1-2H3,(H,26,27). The molecule has 1 unspecified atom stereocenters. The Labute approximate surface area is 195 Å². The molecule has 1 heterocycles. The number of thioether (sulfide) groups is 1. The third-order valence-corrected chi connectivity index (χ3v) is 6.81. The first kappa shape index (κ1) is 22.0. The van der Waals surface area contributed by atoms with Gasteiger partial charge >= 0.3 is 0 Å². The lowest BCUT2D eigenvalue weighted by molar-refractivity contribution is 0.0994. The number of para-hydroxylation sites is 1. The average Bonchev–Trinajstić information content (AvgIpc) is 3.27. The van der Waals surface area contributed by atoms with Crippen LogP contribution in [0.1, 0.15) is 29.8 Å². The van der Waals surface area contributed by atoms with E-state index in [9.17, 15) is 4.79 Å². The fourth-order valence-electron chi connectivity index (χ4n) is 3.01. The van der Waals surface area contributed by atoms with Crippen LogP contribution in [0.15, 0.2) is 83.2 Å². The van der Waals surface area contributed by atoms with Crippen LogP contribution in [-0.4, -0.2) is 21.2 Å². The van der Waals surface area contributed by atoms with Crippen molar-refractivity contribution in [1.29, 1.82) is 0 Å². The van der Waals surface area contributed by atoms with Gasteiger partial charge in [-0.25, -0.2) is 0 Å². The lowest BCUT2D eigenvalue weighted by Crippen LogP contribution is -2.13. The Hall–Kier alpha value is -3.16. The first-order valence-corrected chi connectivity index (χ1v) is 12.0. The molecule has 1 N–H and O–H groups in total. The molecule has 0 amide bonds. The topological polar surface area (TPSA) is 64.1 Å². The van der Waals surface area contributed by atoms with E-state index in [1.165, 1.54) is 28.7 Å². The maximum absolute atomic E-state index is 12.7. The lowest BCUT2D eigenvalue weighted by Gasteiger charge is -2.08. The minimum absolute atomic E-state index is 0.0939. The Morgan fingerprint density at radius 3 is 2.34 bits per heavy atom. The third-order valence-electron chi connectivity index (χ3n) is 4.78. The molecule has 5 nitrogen and oxygen atoms in total. The zero-order valence-corrected chi connectivity index (χ0v) is 19.5. The van der Waals surface area contributed by atoms with E-state index in [4.69, 9.17) is 4.74 Å². The fraction of sp³-hybridized carbons (Fsp3) is 0.160. The first-order valence-electron chi connectivity index (χ1n) is 10.3. The molecule has 0 fully saturated rings. The Kier molecular flexibility index (Phi) is 7.19. The van der Waals surface area contributed by atoms with Gasteiger partial charge in [0.15, 0.2) is 10.1 Å². The summed E-state index contributed by atoms with van der Waals surface area (Å²) in [6.07, 6.45) is 0.960.